The van der Waals surface area contributed by atoms with Gasteiger partial charge in [-0.1, -0.05) is 88.4 Å². The minimum absolute atomic E-state index is 0.618. The fourth-order valence-corrected chi connectivity index (χ4v) is 3.91. The number of benzene rings is 3. The van der Waals surface area contributed by atoms with Crippen LogP contribution in [0.5, 0.6) is 0 Å². The first-order chi connectivity index (χ1) is 13.4. The second-order valence-electron chi connectivity index (χ2n) is 8.35. The molecule has 3 rings (SSSR count). The van der Waals surface area contributed by atoms with Gasteiger partial charge in [0.25, 0.3) is 0 Å². The van der Waals surface area contributed by atoms with Crippen LogP contribution in [0.2, 0.25) is 0 Å². The Hall–Kier alpha value is -2.34. The second-order valence-corrected chi connectivity index (χ2v) is 8.35. The van der Waals surface area contributed by atoms with Gasteiger partial charge in [0.1, 0.15) is 0 Å². The normalized spacial score (nSPS) is 13.4. The van der Waals surface area contributed by atoms with Crippen LogP contribution in [0, 0.1) is 13.8 Å². The molecule has 0 saturated heterocycles. The smallest absolute Gasteiger partial charge is 0.0146 e. The van der Waals surface area contributed by atoms with Gasteiger partial charge >= 0.3 is 0 Å². The maximum atomic E-state index is 2.32. The summed E-state index contributed by atoms with van der Waals surface area (Å²) in [5, 5.41) is 0. The molecule has 0 aliphatic carbocycles. The van der Waals surface area contributed by atoms with E-state index >= 15 is 0 Å². The van der Waals surface area contributed by atoms with Crippen molar-refractivity contribution in [3.8, 4) is 22.3 Å². The Bertz CT molecular complexity index is 839. The molecule has 0 aliphatic heterocycles. The number of rotatable bonds is 6. The van der Waals surface area contributed by atoms with Crippen LogP contribution in [-0.4, -0.2) is 0 Å². The quantitative estimate of drug-likeness (QED) is 0.407. The topological polar surface area (TPSA) is 0 Å². The van der Waals surface area contributed by atoms with Crippen molar-refractivity contribution < 1.29 is 0 Å². The highest BCUT2D eigenvalue weighted by Crippen LogP contribution is 2.34. The highest BCUT2D eigenvalue weighted by molar-refractivity contribution is 5.79. The van der Waals surface area contributed by atoms with E-state index in [1.54, 1.807) is 0 Å². The van der Waals surface area contributed by atoms with Gasteiger partial charge in [0.15, 0.2) is 0 Å². The van der Waals surface area contributed by atoms with Crippen LogP contribution < -0.4 is 0 Å². The molecule has 2 unspecified atom stereocenters. The molecular formula is C28H34. The maximum absolute atomic E-state index is 2.32. The van der Waals surface area contributed by atoms with Gasteiger partial charge in [-0.15, -0.1) is 0 Å². The van der Waals surface area contributed by atoms with E-state index in [2.05, 4.69) is 102 Å². The van der Waals surface area contributed by atoms with Gasteiger partial charge in [0.2, 0.25) is 0 Å². The SMILES string of the molecule is CCC(C)c1ccc(-c2cc(C)cc(-c3ccc(C(C)CC)cc3)c2C)cc1. The molecule has 2 atom stereocenters. The third-order valence-corrected chi connectivity index (χ3v) is 6.36. The van der Waals surface area contributed by atoms with Crippen molar-refractivity contribution in [2.75, 3.05) is 0 Å². The fraction of sp³-hybridized carbons (Fsp3) is 0.357. The molecule has 28 heavy (non-hydrogen) atoms. The third-order valence-electron chi connectivity index (χ3n) is 6.36. The highest BCUT2D eigenvalue weighted by atomic mass is 14.2. The average Bonchev–Trinajstić information content (AvgIpc) is 2.74. The van der Waals surface area contributed by atoms with Crippen molar-refractivity contribution in [2.24, 2.45) is 0 Å². The van der Waals surface area contributed by atoms with E-state index in [9.17, 15) is 0 Å². The summed E-state index contributed by atoms with van der Waals surface area (Å²) >= 11 is 0. The largest absolute Gasteiger partial charge is 0.0648 e. The molecule has 0 spiro atoms. The lowest BCUT2D eigenvalue weighted by molar-refractivity contribution is 0.734. The van der Waals surface area contributed by atoms with E-state index in [0.29, 0.717) is 11.8 Å². The van der Waals surface area contributed by atoms with E-state index in [1.807, 2.05) is 0 Å². The Morgan fingerprint density at radius 2 is 0.964 bits per heavy atom. The molecule has 0 fully saturated rings. The van der Waals surface area contributed by atoms with Crippen LogP contribution in [0.4, 0.5) is 0 Å². The van der Waals surface area contributed by atoms with Gasteiger partial charge in [-0.05, 0) is 83.0 Å². The van der Waals surface area contributed by atoms with E-state index in [-0.39, 0.29) is 0 Å². The van der Waals surface area contributed by atoms with Gasteiger partial charge in [0.05, 0.1) is 0 Å². The molecule has 0 nitrogen and oxygen atoms in total. The van der Waals surface area contributed by atoms with Gasteiger partial charge < -0.3 is 0 Å². The molecule has 0 heteroatoms. The number of hydrogen-bond acceptors (Lipinski definition) is 0. The van der Waals surface area contributed by atoms with Crippen molar-refractivity contribution in [3.63, 3.8) is 0 Å². The molecule has 3 aromatic carbocycles. The summed E-state index contributed by atoms with van der Waals surface area (Å²) in [6.45, 7) is 13.6. The van der Waals surface area contributed by atoms with Crippen LogP contribution in [0.1, 0.15) is 74.6 Å². The molecule has 0 aliphatic rings. The summed E-state index contributed by atoms with van der Waals surface area (Å²) in [5.74, 6) is 1.24. The van der Waals surface area contributed by atoms with E-state index in [4.69, 9.17) is 0 Å². The Kier molecular flexibility index (Phi) is 6.39. The van der Waals surface area contributed by atoms with Crippen molar-refractivity contribution in [1.82, 2.24) is 0 Å². The first kappa shape index (κ1) is 20.4. The molecule has 0 heterocycles. The number of hydrogen-bond donors (Lipinski definition) is 0. The Labute approximate surface area is 171 Å². The first-order valence-electron chi connectivity index (χ1n) is 10.8. The van der Waals surface area contributed by atoms with Crippen LogP contribution in [-0.2, 0) is 0 Å². The summed E-state index contributed by atoms with van der Waals surface area (Å²) in [6, 6.07) is 23.0. The predicted molar refractivity (Wildman–Crippen MR) is 124 cm³/mol. The van der Waals surface area contributed by atoms with Crippen molar-refractivity contribution in [1.29, 1.82) is 0 Å². The number of aryl methyl sites for hydroxylation is 1. The molecule has 0 amide bonds. The lowest BCUT2D eigenvalue weighted by Gasteiger charge is -2.16. The van der Waals surface area contributed by atoms with Crippen molar-refractivity contribution >= 4 is 0 Å². The van der Waals surface area contributed by atoms with Gasteiger partial charge in [-0.25, -0.2) is 0 Å². The zero-order valence-corrected chi connectivity index (χ0v) is 18.3. The summed E-state index contributed by atoms with van der Waals surface area (Å²) in [5.41, 5.74) is 10.8. The molecule has 0 saturated carbocycles. The van der Waals surface area contributed by atoms with Crippen LogP contribution in [0.25, 0.3) is 22.3 Å². The van der Waals surface area contributed by atoms with E-state index in [0.717, 1.165) is 0 Å². The Morgan fingerprint density at radius 1 is 0.607 bits per heavy atom. The predicted octanol–water partition coefficient (Wildman–Crippen LogP) is 8.66. The molecule has 0 radical (unpaired) electrons. The first-order valence-corrected chi connectivity index (χ1v) is 10.8. The van der Waals surface area contributed by atoms with Crippen molar-refractivity contribution in [3.05, 3.63) is 82.9 Å². The molecule has 0 N–H and O–H groups in total. The van der Waals surface area contributed by atoms with Crippen molar-refractivity contribution in [2.45, 2.75) is 66.2 Å². The third kappa shape index (κ3) is 4.22. The maximum Gasteiger partial charge on any atom is -0.0146 e. The standard InChI is InChI=1S/C28H34/c1-7-20(4)23-9-13-25(14-10-23)27-17-19(3)18-28(22(27)6)26-15-11-24(12-16-26)21(5)8-2/h9-18,20-21H,7-8H2,1-6H3. The average molecular weight is 371 g/mol. The lowest BCUT2D eigenvalue weighted by Crippen LogP contribution is -1.94. The summed E-state index contributed by atoms with van der Waals surface area (Å²) < 4.78 is 0. The lowest BCUT2D eigenvalue weighted by atomic mass is 9.88. The minimum atomic E-state index is 0.618. The van der Waals surface area contributed by atoms with Crippen LogP contribution in [0.15, 0.2) is 60.7 Å². The fourth-order valence-electron chi connectivity index (χ4n) is 3.91. The molecule has 0 aromatic heterocycles. The molecule has 0 bridgehead atoms. The summed E-state index contributed by atoms with van der Waals surface area (Å²) in [7, 11) is 0. The summed E-state index contributed by atoms with van der Waals surface area (Å²) in [6.07, 6.45) is 2.36. The van der Waals surface area contributed by atoms with Crippen LogP contribution >= 0.6 is 0 Å². The minimum Gasteiger partial charge on any atom is -0.0648 e. The van der Waals surface area contributed by atoms with Crippen LogP contribution in [0.3, 0.4) is 0 Å². The van der Waals surface area contributed by atoms with E-state index in [1.165, 1.54) is 57.3 Å². The highest BCUT2D eigenvalue weighted by Gasteiger charge is 2.11. The van der Waals surface area contributed by atoms with Gasteiger partial charge in [-0.2, -0.15) is 0 Å². The Balaban J connectivity index is 2.00. The molecule has 3 aromatic rings. The zero-order chi connectivity index (χ0) is 20.3. The Morgan fingerprint density at radius 3 is 1.29 bits per heavy atom. The monoisotopic (exact) mass is 370 g/mol. The molecular weight excluding hydrogens is 336 g/mol. The summed E-state index contributed by atoms with van der Waals surface area (Å²) in [4.78, 5) is 0. The van der Waals surface area contributed by atoms with Gasteiger partial charge in [-0.3, -0.25) is 0 Å². The van der Waals surface area contributed by atoms with Gasteiger partial charge in [0, 0.05) is 0 Å². The van der Waals surface area contributed by atoms with E-state index < -0.39 is 0 Å². The molecule has 146 valence electrons. The second kappa shape index (κ2) is 8.78. The zero-order valence-electron chi connectivity index (χ0n) is 18.3.